The van der Waals surface area contributed by atoms with Gasteiger partial charge < -0.3 is 5.32 Å². The lowest BCUT2D eigenvalue weighted by Gasteiger charge is -2.18. The average Bonchev–Trinajstić information content (AvgIpc) is 2.95. The van der Waals surface area contributed by atoms with Crippen LogP contribution in [0.3, 0.4) is 0 Å². The first-order valence-electron chi connectivity index (χ1n) is 7.36. The molecule has 0 radical (unpaired) electrons. The van der Waals surface area contributed by atoms with Gasteiger partial charge in [0.2, 0.25) is 10.0 Å². The number of benzene rings is 1. The summed E-state index contributed by atoms with van der Waals surface area (Å²) < 4.78 is 26.2. The Labute approximate surface area is 141 Å². The van der Waals surface area contributed by atoms with Gasteiger partial charge in [-0.3, -0.25) is 4.79 Å². The Morgan fingerprint density at radius 2 is 1.70 bits per heavy atom. The predicted molar refractivity (Wildman–Crippen MR) is 93.6 cm³/mol. The van der Waals surface area contributed by atoms with Gasteiger partial charge in [-0.2, -0.15) is 4.31 Å². The summed E-state index contributed by atoms with van der Waals surface area (Å²) in [6.07, 6.45) is 0. The van der Waals surface area contributed by atoms with Crippen molar-refractivity contribution in [3.05, 3.63) is 46.2 Å². The monoisotopic (exact) mass is 352 g/mol. The van der Waals surface area contributed by atoms with E-state index in [0.717, 1.165) is 4.88 Å². The Morgan fingerprint density at radius 3 is 2.17 bits per heavy atom. The fourth-order valence-corrected chi connectivity index (χ4v) is 4.39. The van der Waals surface area contributed by atoms with Gasteiger partial charge in [0.05, 0.1) is 9.77 Å². The van der Waals surface area contributed by atoms with Gasteiger partial charge in [-0.05, 0) is 43.3 Å². The van der Waals surface area contributed by atoms with Gasteiger partial charge in [0.15, 0.2) is 0 Å². The van der Waals surface area contributed by atoms with Crippen molar-refractivity contribution in [1.29, 1.82) is 0 Å². The highest BCUT2D eigenvalue weighted by molar-refractivity contribution is 7.89. The number of sulfonamides is 1. The molecule has 1 aromatic heterocycles. The number of anilines is 1. The molecule has 0 aliphatic carbocycles. The van der Waals surface area contributed by atoms with Crippen LogP contribution in [0.25, 0.3) is 0 Å². The lowest BCUT2D eigenvalue weighted by molar-refractivity contribution is 0.103. The molecular weight excluding hydrogens is 332 g/mol. The number of carbonyl (C=O) groups excluding carboxylic acids is 1. The van der Waals surface area contributed by atoms with E-state index in [1.165, 1.54) is 27.8 Å². The summed E-state index contributed by atoms with van der Waals surface area (Å²) in [5.74, 6) is -0.192. The summed E-state index contributed by atoms with van der Waals surface area (Å²) in [4.78, 5) is 14.0. The number of aryl methyl sites for hydroxylation is 1. The molecule has 0 spiro atoms. The fraction of sp³-hybridized carbons (Fsp3) is 0.312. The Hall–Kier alpha value is -1.70. The molecule has 1 aromatic carbocycles. The van der Waals surface area contributed by atoms with Crippen molar-refractivity contribution in [1.82, 2.24) is 4.31 Å². The third-order valence-electron chi connectivity index (χ3n) is 3.42. The number of nitrogens with zero attached hydrogens (tertiary/aromatic N) is 1. The number of rotatable bonds is 6. The Balaban J connectivity index is 2.15. The van der Waals surface area contributed by atoms with E-state index in [1.807, 2.05) is 13.0 Å². The summed E-state index contributed by atoms with van der Waals surface area (Å²) in [7, 11) is -3.47. The lowest BCUT2D eigenvalue weighted by atomic mass is 10.3. The van der Waals surface area contributed by atoms with Crippen LogP contribution in [-0.4, -0.2) is 31.7 Å². The lowest BCUT2D eigenvalue weighted by Crippen LogP contribution is -2.30. The zero-order chi connectivity index (χ0) is 17.0. The van der Waals surface area contributed by atoms with Crippen molar-refractivity contribution in [2.75, 3.05) is 18.4 Å². The van der Waals surface area contributed by atoms with Gasteiger partial charge in [-0.1, -0.05) is 13.8 Å². The van der Waals surface area contributed by atoms with Crippen LogP contribution in [0.5, 0.6) is 0 Å². The van der Waals surface area contributed by atoms with Crippen LogP contribution in [0.1, 0.15) is 28.4 Å². The molecule has 1 N–H and O–H groups in total. The van der Waals surface area contributed by atoms with Crippen LogP contribution in [-0.2, 0) is 10.0 Å². The highest BCUT2D eigenvalue weighted by atomic mass is 32.2. The quantitative estimate of drug-likeness (QED) is 0.867. The molecule has 0 saturated carbocycles. The largest absolute Gasteiger partial charge is 0.321 e. The summed E-state index contributed by atoms with van der Waals surface area (Å²) in [6.45, 7) is 6.40. The van der Waals surface area contributed by atoms with Gasteiger partial charge >= 0.3 is 0 Å². The summed E-state index contributed by atoms with van der Waals surface area (Å²) in [5.41, 5.74) is 0.569. The van der Waals surface area contributed by atoms with Crippen molar-refractivity contribution >= 4 is 33.0 Å². The standard InChI is InChI=1S/C16H20N2O3S2/c1-4-18(5-2)23(20,21)14-9-7-13(8-10-14)17-16(19)15-11-6-12(3)22-15/h6-11H,4-5H2,1-3H3,(H,17,19). The molecule has 23 heavy (non-hydrogen) atoms. The summed E-state index contributed by atoms with van der Waals surface area (Å²) >= 11 is 1.42. The minimum Gasteiger partial charge on any atom is -0.321 e. The first kappa shape index (κ1) is 17.7. The number of hydrogen-bond acceptors (Lipinski definition) is 4. The van der Waals surface area contributed by atoms with E-state index in [4.69, 9.17) is 0 Å². The Bertz CT molecular complexity index is 776. The maximum atomic E-state index is 12.4. The van der Waals surface area contributed by atoms with Crippen LogP contribution >= 0.6 is 11.3 Å². The van der Waals surface area contributed by atoms with E-state index in [9.17, 15) is 13.2 Å². The molecule has 124 valence electrons. The molecule has 0 saturated heterocycles. The molecule has 0 unspecified atom stereocenters. The number of nitrogens with one attached hydrogen (secondary N) is 1. The maximum Gasteiger partial charge on any atom is 0.265 e. The first-order valence-corrected chi connectivity index (χ1v) is 9.62. The van der Waals surface area contributed by atoms with Crippen molar-refractivity contribution in [2.45, 2.75) is 25.7 Å². The first-order chi connectivity index (χ1) is 10.9. The smallest absolute Gasteiger partial charge is 0.265 e. The van der Waals surface area contributed by atoms with Crippen molar-refractivity contribution in [3.8, 4) is 0 Å². The van der Waals surface area contributed by atoms with E-state index in [-0.39, 0.29) is 10.8 Å². The Kier molecular flexibility index (Phi) is 5.56. The molecule has 1 amide bonds. The second-order valence-electron chi connectivity index (χ2n) is 4.98. The molecular formula is C16H20N2O3S2. The minimum atomic E-state index is -3.47. The second-order valence-corrected chi connectivity index (χ2v) is 8.20. The summed E-state index contributed by atoms with van der Waals surface area (Å²) in [5, 5.41) is 2.77. The molecule has 0 aliphatic rings. The van der Waals surface area contributed by atoms with E-state index in [1.54, 1.807) is 32.0 Å². The molecule has 0 bridgehead atoms. The molecule has 7 heteroatoms. The van der Waals surface area contributed by atoms with E-state index in [0.29, 0.717) is 23.7 Å². The molecule has 0 aliphatic heterocycles. The molecule has 0 fully saturated rings. The predicted octanol–water partition coefficient (Wildman–Crippen LogP) is 3.34. The Morgan fingerprint density at radius 1 is 1.09 bits per heavy atom. The minimum absolute atomic E-state index is 0.192. The van der Waals surface area contributed by atoms with Gasteiger partial charge in [0.25, 0.3) is 5.91 Å². The zero-order valence-electron chi connectivity index (χ0n) is 13.4. The van der Waals surface area contributed by atoms with Crippen molar-refractivity contribution < 1.29 is 13.2 Å². The normalized spacial score (nSPS) is 11.7. The van der Waals surface area contributed by atoms with Crippen LogP contribution in [0.2, 0.25) is 0 Å². The van der Waals surface area contributed by atoms with Gasteiger partial charge in [-0.25, -0.2) is 8.42 Å². The number of hydrogen-bond donors (Lipinski definition) is 1. The number of thiophene rings is 1. The van der Waals surface area contributed by atoms with E-state index in [2.05, 4.69) is 5.32 Å². The SMILES string of the molecule is CCN(CC)S(=O)(=O)c1ccc(NC(=O)c2ccc(C)s2)cc1. The molecule has 5 nitrogen and oxygen atoms in total. The average molecular weight is 352 g/mol. The topological polar surface area (TPSA) is 66.5 Å². The third kappa shape index (κ3) is 3.99. The fourth-order valence-electron chi connectivity index (χ4n) is 2.17. The molecule has 1 heterocycles. The highest BCUT2D eigenvalue weighted by Crippen LogP contribution is 2.20. The van der Waals surface area contributed by atoms with Crippen LogP contribution in [0, 0.1) is 6.92 Å². The van der Waals surface area contributed by atoms with E-state index < -0.39 is 10.0 Å². The third-order valence-corrected chi connectivity index (χ3v) is 6.48. The van der Waals surface area contributed by atoms with Gasteiger partial charge in [0, 0.05) is 23.7 Å². The molecule has 2 rings (SSSR count). The van der Waals surface area contributed by atoms with Crippen LogP contribution in [0.4, 0.5) is 5.69 Å². The number of carbonyl (C=O) groups is 1. The molecule has 0 atom stereocenters. The van der Waals surface area contributed by atoms with Gasteiger partial charge in [-0.15, -0.1) is 11.3 Å². The molecule has 2 aromatic rings. The van der Waals surface area contributed by atoms with Crippen LogP contribution < -0.4 is 5.32 Å². The van der Waals surface area contributed by atoms with Gasteiger partial charge in [0.1, 0.15) is 0 Å². The second kappa shape index (κ2) is 7.25. The zero-order valence-corrected chi connectivity index (χ0v) is 15.0. The maximum absolute atomic E-state index is 12.4. The van der Waals surface area contributed by atoms with Crippen LogP contribution in [0.15, 0.2) is 41.3 Å². The number of amides is 1. The van der Waals surface area contributed by atoms with Crippen molar-refractivity contribution in [2.24, 2.45) is 0 Å². The van der Waals surface area contributed by atoms with Crippen molar-refractivity contribution in [3.63, 3.8) is 0 Å². The summed E-state index contributed by atoms with van der Waals surface area (Å²) in [6, 6.07) is 9.91. The van der Waals surface area contributed by atoms with E-state index >= 15 is 0 Å². The highest BCUT2D eigenvalue weighted by Gasteiger charge is 2.21.